The fraction of sp³-hybridized carbons (Fsp3) is 0.923. The quantitative estimate of drug-likeness (QED) is 0.113. The van der Waals surface area contributed by atoms with Crippen LogP contribution in [0.25, 0.3) is 0 Å². The Morgan fingerprint density at radius 2 is 1.00 bits per heavy atom. The zero-order valence-corrected chi connectivity index (χ0v) is 22.1. The molecule has 7 N–H and O–H groups in total. The molecule has 0 radical (unpaired) electrons. The maximum Gasteiger partial charge on any atom is 0.306 e. The van der Waals surface area contributed by atoms with Gasteiger partial charge in [-0.15, -0.1) is 0 Å². The summed E-state index contributed by atoms with van der Waals surface area (Å²) in [6, 6.07) is 0. The molecule has 0 heterocycles. The summed E-state index contributed by atoms with van der Waals surface area (Å²) in [5.41, 5.74) is 0. The molecule has 2 atom stereocenters. The second kappa shape index (κ2) is 30.8. The van der Waals surface area contributed by atoms with Gasteiger partial charge in [-0.1, -0.05) is 90.9 Å². The van der Waals surface area contributed by atoms with Crippen LogP contribution in [0.4, 0.5) is 0 Å². The Hall–Kier alpha value is -1.26. The van der Waals surface area contributed by atoms with Gasteiger partial charge in [0, 0.05) is 6.42 Å². The molecule has 0 amide bonds. The number of hydrogen-bond donors (Lipinski definition) is 7. The molecule has 9 nitrogen and oxygen atoms in total. The average molecular weight is 511 g/mol. The summed E-state index contributed by atoms with van der Waals surface area (Å²) < 4.78 is 0. The van der Waals surface area contributed by atoms with Crippen molar-refractivity contribution in [1.29, 1.82) is 0 Å². The fourth-order valence-corrected chi connectivity index (χ4v) is 3.21. The molecule has 9 heteroatoms. The van der Waals surface area contributed by atoms with Crippen LogP contribution < -0.4 is 0 Å². The Morgan fingerprint density at radius 1 is 0.600 bits per heavy atom. The lowest BCUT2D eigenvalue weighted by Crippen LogP contribution is -2.23. The third-order valence-corrected chi connectivity index (χ3v) is 5.44. The van der Waals surface area contributed by atoms with E-state index in [1.807, 2.05) is 0 Å². The van der Waals surface area contributed by atoms with Gasteiger partial charge in [0.25, 0.3) is 0 Å². The zero-order chi connectivity index (χ0) is 27.3. The maximum absolute atomic E-state index is 10.9. The van der Waals surface area contributed by atoms with Gasteiger partial charge in [0.2, 0.25) is 0 Å². The summed E-state index contributed by atoms with van der Waals surface area (Å²) in [6.45, 7) is 3.27. The van der Waals surface area contributed by atoms with Crippen molar-refractivity contribution in [3.05, 3.63) is 0 Å². The number of carboxylic acids is 2. The van der Waals surface area contributed by atoms with Gasteiger partial charge in [0.1, 0.15) is 6.10 Å². The van der Waals surface area contributed by atoms with Crippen LogP contribution in [-0.4, -0.2) is 79.7 Å². The number of aliphatic hydroxyl groups excluding tert-OH is 5. The van der Waals surface area contributed by atoms with E-state index in [2.05, 4.69) is 13.8 Å². The van der Waals surface area contributed by atoms with Gasteiger partial charge in [0.15, 0.2) is 0 Å². The van der Waals surface area contributed by atoms with Crippen LogP contribution in [0.2, 0.25) is 0 Å². The van der Waals surface area contributed by atoms with Gasteiger partial charge < -0.3 is 35.7 Å². The van der Waals surface area contributed by atoms with Crippen molar-refractivity contribution >= 4 is 11.9 Å². The van der Waals surface area contributed by atoms with Crippen LogP contribution in [0.1, 0.15) is 117 Å². The van der Waals surface area contributed by atoms with Crippen molar-refractivity contribution in [3.8, 4) is 0 Å². The molecule has 0 saturated heterocycles. The van der Waals surface area contributed by atoms with E-state index in [0.717, 1.165) is 32.1 Å². The van der Waals surface area contributed by atoms with Crippen molar-refractivity contribution in [2.75, 3.05) is 19.8 Å². The van der Waals surface area contributed by atoms with Crippen LogP contribution >= 0.6 is 0 Å². The Morgan fingerprint density at radius 3 is 1.34 bits per heavy atom. The summed E-state index contributed by atoms with van der Waals surface area (Å²) in [5.74, 6) is -2.06. The van der Waals surface area contributed by atoms with E-state index < -0.39 is 30.1 Å². The van der Waals surface area contributed by atoms with Gasteiger partial charge in [0.05, 0.1) is 31.8 Å². The van der Waals surface area contributed by atoms with Crippen molar-refractivity contribution in [1.82, 2.24) is 0 Å². The number of carbonyl (C=O) groups is 2. The number of carboxylic acid groups (broad SMARTS) is 2. The third-order valence-electron chi connectivity index (χ3n) is 5.44. The van der Waals surface area contributed by atoms with E-state index in [0.29, 0.717) is 12.8 Å². The number of rotatable bonds is 21. The predicted molar refractivity (Wildman–Crippen MR) is 137 cm³/mol. The minimum atomic E-state index is -0.954. The van der Waals surface area contributed by atoms with Gasteiger partial charge in [-0.2, -0.15) is 0 Å². The molecule has 0 rings (SSSR count). The van der Waals surface area contributed by atoms with Crippen molar-refractivity contribution in [3.63, 3.8) is 0 Å². The topological polar surface area (TPSA) is 176 Å². The molecule has 0 aliphatic heterocycles. The SMILES string of the molecule is CCCCCCCCC(CC(O)CO)C(=O)O.CCCCCCCCCC(=O)O.OCC(O)CO. The van der Waals surface area contributed by atoms with Crippen LogP contribution in [0.15, 0.2) is 0 Å². The first-order chi connectivity index (χ1) is 16.7. The van der Waals surface area contributed by atoms with Crippen LogP contribution in [0.5, 0.6) is 0 Å². The van der Waals surface area contributed by atoms with E-state index in [9.17, 15) is 14.7 Å². The molecule has 0 aromatic heterocycles. The van der Waals surface area contributed by atoms with Crippen molar-refractivity contribution in [2.45, 2.75) is 129 Å². The first kappa shape index (κ1) is 38.3. The highest BCUT2D eigenvalue weighted by Gasteiger charge is 2.20. The molecular formula is C26H54O9. The molecule has 0 fully saturated rings. The Bertz CT molecular complexity index is 443. The molecular weight excluding hydrogens is 456 g/mol. The monoisotopic (exact) mass is 510 g/mol. The molecule has 0 aliphatic rings. The van der Waals surface area contributed by atoms with Crippen LogP contribution in [0.3, 0.4) is 0 Å². The van der Waals surface area contributed by atoms with E-state index in [4.69, 9.17) is 30.6 Å². The predicted octanol–water partition coefficient (Wildman–Crippen LogP) is 3.72. The lowest BCUT2D eigenvalue weighted by Gasteiger charge is -2.15. The third kappa shape index (κ3) is 35.0. The first-order valence-electron chi connectivity index (χ1n) is 13.3. The molecule has 212 valence electrons. The molecule has 0 bridgehead atoms. The lowest BCUT2D eigenvalue weighted by molar-refractivity contribution is -0.143. The maximum atomic E-state index is 10.9. The largest absolute Gasteiger partial charge is 0.481 e. The lowest BCUT2D eigenvalue weighted by atomic mass is 9.95. The summed E-state index contributed by atoms with van der Waals surface area (Å²) >= 11 is 0. The van der Waals surface area contributed by atoms with Gasteiger partial charge in [-0.3, -0.25) is 9.59 Å². The standard InChI is InChI=1S/C13H26O4.C10H20O2.C3H8O3/c1-2-3-4-5-6-7-8-11(13(16)17)9-12(15)10-14;1-2-3-4-5-6-7-8-9-10(11)12;4-1-3(6)2-5/h11-12,14-15H,2-10H2,1H3,(H,16,17);2-9H2,1H3,(H,11,12);3-6H,1-2H2. The zero-order valence-electron chi connectivity index (χ0n) is 22.1. The Labute approximate surface area is 212 Å². The average Bonchev–Trinajstić information content (AvgIpc) is 2.84. The van der Waals surface area contributed by atoms with Crippen molar-refractivity contribution < 1.29 is 45.3 Å². The highest BCUT2D eigenvalue weighted by atomic mass is 16.4. The highest BCUT2D eigenvalue weighted by molar-refractivity contribution is 5.69. The van der Waals surface area contributed by atoms with Gasteiger partial charge in [-0.25, -0.2) is 0 Å². The number of unbranched alkanes of at least 4 members (excludes halogenated alkanes) is 11. The summed E-state index contributed by atoms with van der Waals surface area (Å²) in [4.78, 5) is 21.1. The summed E-state index contributed by atoms with van der Waals surface area (Å²) in [5, 5.41) is 59.3. The van der Waals surface area contributed by atoms with E-state index in [1.54, 1.807) is 0 Å². The van der Waals surface area contributed by atoms with Gasteiger partial charge >= 0.3 is 11.9 Å². The summed E-state index contributed by atoms with van der Waals surface area (Å²) in [6.07, 6.45) is 14.3. The molecule has 2 unspecified atom stereocenters. The van der Waals surface area contributed by atoms with E-state index >= 15 is 0 Å². The number of aliphatic hydroxyl groups is 5. The second-order valence-corrected chi connectivity index (χ2v) is 8.95. The number of hydrogen-bond acceptors (Lipinski definition) is 7. The van der Waals surface area contributed by atoms with Crippen LogP contribution in [-0.2, 0) is 9.59 Å². The first-order valence-corrected chi connectivity index (χ1v) is 13.3. The molecule has 0 aromatic carbocycles. The Kier molecular flexibility index (Phi) is 33.6. The Balaban J connectivity index is -0.000000493. The highest BCUT2D eigenvalue weighted by Crippen LogP contribution is 2.17. The van der Waals surface area contributed by atoms with E-state index in [-0.39, 0.29) is 26.2 Å². The minimum absolute atomic E-state index is 0.154. The molecule has 0 aromatic rings. The smallest absolute Gasteiger partial charge is 0.306 e. The second-order valence-electron chi connectivity index (χ2n) is 8.95. The normalized spacial score (nSPS) is 12.2. The van der Waals surface area contributed by atoms with E-state index in [1.165, 1.54) is 51.4 Å². The minimum Gasteiger partial charge on any atom is -0.481 e. The van der Waals surface area contributed by atoms with Crippen molar-refractivity contribution in [2.24, 2.45) is 5.92 Å². The molecule has 0 aliphatic carbocycles. The van der Waals surface area contributed by atoms with Gasteiger partial charge in [-0.05, 0) is 19.3 Å². The molecule has 0 saturated carbocycles. The summed E-state index contributed by atoms with van der Waals surface area (Å²) in [7, 11) is 0. The fourth-order valence-electron chi connectivity index (χ4n) is 3.21. The number of aliphatic carboxylic acids is 2. The molecule has 0 spiro atoms. The van der Waals surface area contributed by atoms with Crippen LogP contribution in [0, 0.1) is 5.92 Å². The molecule has 35 heavy (non-hydrogen) atoms.